The van der Waals surface area contributed by atoms with Crippen LogP contribution >= 0.6 is 0 Å². The maximum Gasteiger partial charge on any atom is 0.389 e. The molecule has 0 bridgehead atoms. The van der Waals surface area contributed by atoms with E-state index >= 15 is 0 Å². The molecule has 0 spiro atoms. The zero-order valence-corrected chi connectivity index (χ0v) is 12.4. The average Bonchev–Trinajstić information content (AvgIpc) is 2.51. The van der Waals surface area contributed by atoms with Crippen LogP contribution in [0, 0.1) is 0 Å². The molecule has 0 aromatic heterocycles. The maximum atomic E-state index is 12.2. The van der Waals surface area contributed by atoms with E-state index in [9.17, 15) is 18.0 Å². The van der Waals surface area contributed by atoms with Crippen molar-refractivity contribution in [1.29, 1.82) is 0 Å². The Morgan fingerprint density at radius 1 is 1.27 bits per heavy atom. The first kappa shape index (κ1) is 16.8. The highest BCUT2D eigenvalue weighted by atomic mass is 19.4. The fraction of sp³-hybridized carbons (Fsp3) is 0.562. The van der Waals surface area contributed by atoms with E-state index in [1.165, 1.54) is 0 Å². The van der Waals surface area contributed by atoms with Crippen LogP contribution in [0.15, 0.2) is 30.3 Å². The van der Waals surface area contributed by atoms with E-state index in [4.69, 9.17) is 0 Å². The molecule has 6 heteroatoms. The van der Waals surface area contributed by atoms with Gasteiger partial charge in [0.05, 0.1) is 6.42 Å². The Bertz CT molecular complexity index is 476. The highest BCUT2D eigenvalue weighted by Crippen LogP contribution is 2.22. The van der Waals surface area contributed by atoms with E-state index < -0.39 is 24.9 Å². The topological polar surface area (TPSA) is 32.3 Å². The highest BCUT2D eigenvalue weighted by molar-refractivity contribution is 5.76. The van der Waals surface area contributed by atoms with Crippen LogP contribution < -0.4 is 5.32 Å². The van der Waals surface area contributed by atoms with Crippen molar-refractivity contribution in [2.75, 3.05) is 13.1 Å². The third kappa shape index (κ3) is 5.67. The van der Waals surface area contributed by atoms with Gasteiger partial charge in [-0.25, -0.2) is 0 Å². The van der Waals surface area contributed by atoms with Crippen LogP contribution in [0.1, 0.15) is 31.2 Å². The Morgan fingerprint density at radius 2 is 2.00 bits per heavy atom. The summed E-state index contributed by atoms with van der Waals surface area (Å²) in [7, 11) is 0. The van der Waals surface area contributed by atoms with Gasteiger partial charge in [0.15, 0.2) is 0 Å². The van der Waals surface area contributed by atoms with E-state index in [1.807, 2.05) is 30.3 Å². The lowest BCUT2D eigenvalue weighted by Crippen LogP contribution is -2.47. The van der Waals surface area contributed by atoms with Crippen molar-refractivity contribution in [3.8, 4) is 0 Å². The Kier molecular flexibility index (Phi) is 5.83. The van der Waals surface area contributed by atoms with Crippen LogP contribution in [-0.4, -0.2) is 36.1 Å². The Labute approximate surface area is 128 Å². The third-order valence-corrected chi connectivity index (χ3v) is 3.83. The van der Waals surface area contributed by atoms with E-state index in [0.717, 1.165) is 18.4 Å². The first-order valence-electron chi connectivity index (χ1n) is 7.56. The lowest BCUT2D eigenvalue weighted by atomic mass is 10.0. The second-order valence-corrected chi connectivity index (χ2v) is 5.66. The van der Waals surface area contributed by atoms with Crippen molar-refractivity contribution < 1.29 is 18.0 Å². The van der Waals surface area contributed by atoms with Gasteiger partial charge < -0.3 is 10.2 Å². The van der Waals surface area contributed by atoms with Gasteiger partial charge in [0.1, 0.15) is 0 Å². The Morgan fingerprint density at radius 3 is 2.68 bits per heavy atom. The van der Waals surface area contributed by atoms with Crippen LogP contribution in [0.5, 0.6) is 0 Å². The lowest BCUT2D eigenvalue weighted by molar-refractivity contribution is -0.149. The third-order valence-electron chi connectivity index (χ3n) is 3.83. The molecule has 1 fully saturated rings. The minimum Gasteiger partial charge on any atom is -0.341 e. The van der Waals surface area contributed by atoms with E-state index in [-0.39, 0.29) is 6.04 Å². The fourth-order valence-electron chi connectivity index (χ4n) is 2.64. The number of nitrogens with zero attached hydrogens (tertiary/aromatic N) is 1. The summed E-state index contributed by atoms with van der Waals surface area (Å²) in [5, 5.41) is 3.38. The molecule has 1 heterocycles. The lowest BCUT2D eigenvalue weighted by Gasteiger charge is -2.33. The molecule has 1 atom stereocenters. The molecule has 0 saturated carbocycles. The summed E-state index contributed by atoms with van der Waals surface area (Å²) < 4.78 is 36.6. The summed E-state index contributed by atoms with van der Waals surface area (Å²) in [6.45, 7) is 1.75. The summed E-state index contributed by atoms with van der Waals surface area (Å²) in [5.74, 6) is -0.400. The number of alkyl halides is 3. The normalized spacial score (nSPS) is 19.2. The summed E-state index contributed by atoms with van der Waals surface area (Å²) in [4.78, 5) is 13.4. The molecule has 1 unspecified atom stereocenters. The smallest absolute Gasteiger partial charge is 0.341 e. The van der Waals surface area contributed by atoms with E-state index in [1.54, 1.807) is 4.90 Å². The Hall–Kier alpha value is -1.56. The van der Waals surface area contributed by atoms with Gasteiger partial charge in [0, 0.05) is 32.1 Å². The number of carbonyl (C=O) groups is 1. The minimum atomic E-state index is -4.27. The molecule has 3 nitrogen and oxygen atoms in total. The van der Waals surface area contributed by atoms with Crippen LogP contribution in [0.25, 0.3) is 0 Å². The number of likely N-dealkylation sites (tertiary alicyclic amines) is 1. The molecule has 1 saturated heterocycles. The molecule has 0 radical (unpaired) electrons. The largest absolute Gasteiger partial charge is 0.389 e. The van der Waals surface area contributed by atoms with E-state index in [0.29, 0.717) is 19.6 Å². The van der Waals surface area contributed by atoms with Crippen molar-refractivity contribution in [2.45, 2.75) is 44.4 Å². The SMILES string of the molecule is O=C(CCC(F)(F)F)N1CCCC(NCc2ccccc2)C1. The molecular formula is C16H21F3N2O. The first-order valence-corrected chi connectivity index (χ1v) is 7.56. The number of hydrogen-bond donors (Lipinski definition) is 1. The standard InChI is InChI=1S/C16H21F3N2O/c17-16(18,19)9-8-15(22)21-10-4-7-14(12-21)20-11-13-5-2-1-3-6-13/h1-3,5-6,14,20H,4,7-12H2. The summed E-state index contributed by atoms with van der Waals surface area (Å²) in [5.41, 5.74) is 1.16. The van der Waals surface area contributed by atoms with Gasteiger partial charge in [-0.3, -0.25) is 4.79 Å². The van der Waals surface area contributed by atoms with Crippen LogP contribution in [-0.2, 0) is 11.3 Å². The molecule has 1 N–H and O–H groups in total. The number of halogens is 3. The molecule has 1 aliphatic rings. The molecule has 1 aliphatic heterocycles. The second-order valence-electron chi connectivity index (χ2n) is 5.66. The van der Waals surface area contributed by atoms with Crippen molar-refractivity contribution >= 4 is 5.91 Å². The van der Waals surface area contributed by atoms with Gasteiger partial charge in [0.2, 0.25) is 5.91 Å². The van der Waals surface area contributed by atoms with Crippen molar-refractivity contribution in [3.63, 3.8) is 0 Å². The number of rotatable bonds is 5. The van der Waals surface area contributed by atoms with Gasteiger partial charge in [0.25, 0.3) is 0 Å². The van der Waals surface area contributed by atoms with Gasteiger partial charge >= 0.3 is 6.18 Å². The quantitative estimate of drug-likeness (QED) is 0.906. The molecule has 2 rings (SSSR count). The Balaban J connectivity index is 1.77. The monoisotopic (exact) mass is 314 g/mol. The highest BCUT2D eigenvalue weighted by Gasteiger charge is 2.30. The number of hydrogen-bond acceptors (Lipinski definition) is 2. The molecule has 22 heavy (non-hydrogen) atoms. The van der Waals surface area contributed by atoms with Gasteiger partial charge in [-0.15, -0.1) is 0 Å². The fourth-order valence-corrected chi connectivity index (χ4v) is 2.64. The number of amides is 1. The minimum absolute atomic E-state index is 0.142. The molecule has 1 aromatic rings. The van der Waals surface area contributed by atoms with Crippen LogP contribution in [0.4, 0.5) is 13.2 Å². The van der Waals surface area contributed by atoms with Gasteiger partial charge in [-0.05, 0) is 18.4 Å². The molecule has 1 aromatic carbocycles. The second kappa shape index (κ2) is 7.63. The maximum absolute atomic E-state index is 12.2. The molecule has 1 amide bonds. The predicted molar refractivity (Wildman–Crippen MR) is 78.2 cm³/mol. The van der Waals surface area contributed by atoms with Gasteiger partial charge in [-0.1, -0.05) is 30.3 Å². The van der Waals surface area contributed by atoms with Gasteiger partial charge in [-0.2, -0.15) is 13.2 Å². The zero-order chi connectivity index (χ0) is 16.0. The van der Waals surface area contributed by atoms with E-state index in [2.05, 4.69) is 5.32 Å². The summed E-state index contributed by atoms with van der Waals surface area (Å²) in [6, 6.07) is 10.1. The molecule has 122 valence electrons. The number of nitrogens with one attached hydrogen (secondary N) is 1. The first-order chi connectivity index (χ1) is 10.4. The molecular weight excluding hydrogens is 293 g/mol. The summed E-state index contributed by atoms with van der Waals surface area (Å²) >= 11 is 0. The van der Waals surface area contributed by atoms with Crippen molar-refractivity contribution in [2.24, 2.45) is 0 Å². The van der Waals surface area contributed by atoms with Crippen molar-refractivity contribution in [3.05, 3.63) is 35.9 Å². The number of piperidine rings is 1. The predicted octanol–water partition coefficient (Wildman–Crippen LogP) is 3.11. The number of carbonyl (C=O) groups excluding carboxylic acids is 1. The van der Waals surface area contributed by atoms with Crippen molar-refractivity contribution in [1.82, 2.24) is 10.2 Å². The van der Waals surface area contributed by atoms with Crippen LogP contribution in [0.3, 0.4) is 0 Å². The average molecular weight is 314 g/mol. The zero-order valence-electron chi connectivity index (χ0n) is 12.4. The summed E-state index contributed by atoms with van der Waals surface area (Å²) in [6.07, 6.45) is -3.99. The number of benzene rings is 1. The molecule has 0 aliphatic carbocycles. The van der Waals surface area contributed by atoms with Crippen LogP contribution in [0.2, 0.25) is 0 Å².